The van der Waals surface area contributed by atoms with Crippen LogP contribution in [0.2, 0.25) is 0 Å². The lowest BCUT2D eigenvalue weighted by Gasteiger charge is -2.40. The van der Waals surface area contributed by atoms with Crippen LogP contribution in [0.1, 0.15) is 46.0 Å². The molecule has 0 N–H and O–H groups in total. The fourth-order valence-electron chi connectivity index (χ4n) is 2.35. The minimum absolute atomic E-state index is 0.630. The van der Waals surface area contributed by atoms with Crippen molar-refractivity contribution in [2.45, 2.75) is 46.0 Å². The van der Waals surface area contributed by atoms with Gasteiger partial charge in [0.05, 0.1) is 0 Å². The Balaban J connectivity index is 2.45. The second-order valence-electron chi connectivity index (χ2n) is 5.11. The summed E-state index contributed by atoms with van der Waals surface area (Å²) in [6.07, 6.45) is 6.68. The number of piperidine rings is 1. The largest absolute Gasteiger partial charge is 0.306 e. The summed E-state index contributed by atoms with van der Waals surface area (Å²) >= 11 is 0. The van der Waals surface area contributed by atoms with Crippen LogP contribution in [-0.2, 0) is 0 Å². The summed E-state index contributed by atoms with van der Waals surface area (Å²) in [5.41, 5.74) is 1.97. The number of allylic oxidation sites excluding steroid dienone is 1. The van der Waals surface area contributed by atoms with E-state index >= 15 is 0 Å². The smallest absolute Gasteiger partial charge is 0.00165 e. The zero-order valence-electron chi connectivity index (χ0n) is 10.1. The molecule has 14 heavy (non-hydrogen) atoms. The van der Waals surface area contributed by atoms with Gasteiger partial charge >= 0.3 is 0 Å². The summed E-state index contributed by atoms with van der Waals surface area (Å²) < 4.78 is 0. The summed E-state index contributed by atoms with van der Waals surface area (Å²) in [4.78, 5) is 2.45. The lowest BCUT2D eigenvalue weighted by atomic mass is 9.72. The Labute approximate surface area is 89.2 Å². The number of hydrogen-bond acceptors (Lipinski definition) is 1. The second-order valence-corrected chi connectivity index (χ2v) is 5.11. The zero-order valence-corrected chi connectivity index (χ0v) is 10.1. The van der Waals surface area contributed by atoms with Gasteiger partial charge in [0.2, 0.25) is 0 Å². The third kappa shape index (κ3) is 3.13. The Morgan fingerprint density at radius 1 is 1.36 bits per heavy atom. The van der Waals surface area contributed by atoms with Crippen LogP contribution in [0.4, 0.5) is 0 Å². The van der Waals surface area contributed by atoms with Crippen LogP contribution in [0.5, 0.6) is 0 Å². The third-order valence-corrected chi connectivity index (χ3v) is 3.88. The van der Waals surface area contributed by atoms with Crippen LogP contribution in [-0.4, -0.2) is 25.0 Å². The van der Waals surface area contributed by atoms with E-state index in [0.717, 1.165) is 0 Å². The fourth-order valence-corrected chi connectivity index (χ4v) is 2.35. The maximum absolute atomic E-state index is 4.01. The summed E-state index contributed by atoms with van der Waals surface area (Å²) in [7, 11) is 2.23. The van der Waals surface area contributed by atoms with Gasteiger partial charge in [-0.25, -0.2) is 0 Å². The molecule has 0 atom stereocenters. The number of rotatable bonds is 4. The first-order valence-corrected chi connectivity index (χ1v) is 5.91. The van der Waals surface area contributed by atoms with Gasteiger partial charge in [-0.1, -0.05) is 18.9 Å². The lowest BCUT2D eigenvalue weighted by molar-refractivity contribution is 0.108. The molecule has 1 heteroatoms. The van der Waals surface area contributed by atoms with Gasteiger partial charge in [-0.15, -0.1) is 6.58 Å². The number of hydrogen-bond donors (Lipinski definition) is 0. The summed E-state index contributed by atoms with van der Waals surface area (Å²) in [5, 5.41) is 0. The van der Waals surface area contributed by atoms with Crippen molar-refractivity contribution in [2.24, 2.45) is 5.41 Å². The molecular weight excluding hydrogens is 170 g/mol. The monoisotopic (exact) mass is 195 g/mol. The van der Waals surface area contributed by atoms with Crippen molar-refractivity contribution >= 4 is 0 Å². The average molecular weight is 195 g/mol. The Hall–Kier alpha value is -0.300. The molecule has 1 heterocycles. The van der Waals surface area contributed by atoms with E-state index in [9.17, 15) is 0 Å². The maximum Gasteiger partial charge on any atom is -0.00165 e. The molecule has 1 fully saturated rings. The van der Waals surface area contributed by atoms with E-state index in [2.05, 4.69) is 32.4 Å². The van der Waals surface area contributed by atoms with E-state index in [0.29, 0.717) is 5.41 Å². The lowest BCUT2D eigenvalue weighted by Crippen LogP contribution is -2.37. The predicted octanol–water partition coefficient (Wildman–Crippen LogP) is 3.46. The highest BCUT2D eigenvalue weighted by Crippen LogP contribution is 2.39. The standard InChI is InChI=1S/C13H25N/c1-5-13(7-6-12(2)3)8-10-14(4)11-9-13/h2,5-11H2,1,3-4H3. The van der Waals surface area contributed by atoms with Gasteiger partial charge in [-0.2, -0.15) is 0 Å². The molecular formula is C13H25N. The van der Waals surface area contributed by atoms with Gasteiger partial charge in [0, 0.05) is 0 Å². The van der Waals surface area contributed by atoms with Crippen molar-refractivity contribution in [3.8, 4) is 0 Å². The molecule has 0 aliphatic carbocycles. The fraction of sp³-hybridized carbons (Fsp3) is 0.846. The number of nitrogens with zero attached hydrogens (tertiary/aromatic N) is 1. The molecule has 0 spiro atoms. The van der Waals surface area contributed by atoms with Crippen LogP contribution in [0, 0.1) is 5.41 Å². The molecule has 1 aliphatic rings. The van der Waals surface area contributed by atoms with Crippen molar-refractivity contribution in [3.63, 3.8) is 0 Å². The number of likely N-dealkylation sites (tertiary alicyclic amines) is 1. The van der Waals surface area contributed by atoms with E-state index < -0.39 is 0 Å². The first-order chi connectivity index (χ1) is 6.58. The van der Waals surface area contributed by atoms with Crippen LogP contribution in [0.3, 0.4) is 0 Å². The Bertz CT molecular complexity index is 187. The predicted molar refractivity (Wildman–Crippen MR) is 63.5 cm³/mol. The van der Waals surface area contributed by atoms with Crippen molar-refractivity contribution in [1.82, 2.24) is 4.90 Å². The van der Waals surface area contributed by atoms with Crippen molar-refractivity contribution in [2.75, 3.05) is 20.1 Å². The summed E-state index contributed by atoms with van der Waals surface area (Å²) in [6, 6.07) is 0. The molecule has 0 saturated carbocycles. The van der Waals surface area contributed by atoms with E-state index in [1.54, 1.807) is 0 Å². The van der Waals surface area contributed by atoms with Crippen molar-refractivity contribution in [3.05, 3.63) is 12.2 Å². The van der Waals surface area contributed by atoms with E-state index in [1.807, 2.05) is 0 Å². The quantitative estimate of drug-likeness (QED) is 0.621. The normalized spacial score (nSPS) is 22.2. The van der Waals surface area contributed by atoms with Crippen LogP contribution < -0.4 is 0 Å². The van der Waals surface area contributed by atoms with E-state index in [1.165, 1.54) is 50.8 Å². The molecule has 1 aliphatic heterocycles. The Morgan fingerprint density at radius 3 is 2.36 bits per heavy atom. The minimum Gasteiger partial charge on any atom is -0.306 e. The van der Waals surface area contributed by atoms with Crippen LogP contribution in [0.25, 0.3) is 0 Å². The van der Waals surface area contributed by atoms with Gasteiger partial charge in [0.15, 0.2) is 0 Å². The Kier molecular flexibility index (Phi) is 4.18. The first-order valence-electron chi connectivity index (χ1n) is 5.91. The van der Waals surface area contributed by atoms with Crippen molar-refractivity contribution < 1.29 is 0 Å². The Morgan fingerprint density at radius 2 is 1.93 bits per heavy atom. The first kappa shape index (κ1) is 11.8. The van der Waals surface area contributed by atoms with Gasteiger partial charge in [-0.3, -0.25) is 0 Å². The molecule has 1 nitrogen and oxygen atoms in total. The topological polar surface area (TPSA) is 3.24 Å². The molecule has 0 unspecified atom stereocenters. The maximum atomic E-state index is 4.01. The highest BCUT2D eigenvalue weighted by molar-refractivity contribution is 4.93. The minimum atomic E-state index is 0.630. The molecule has 82 valence electrons. The average Bonchev–Trinajstić information content (AvgIpc) is 2.18. The molecule has 0 aromatic rings. The van der Waals surface area contributed by atoms with Gasteiger partial charge in [0.1, 0.15) is 0 Å². The highest BCUT2D eigenvalue weighted by Gasteiger charge is 2.31. The zero-order chi connectivity index (χ0) is 10.6. The highest BCUT2D eigenvalue weighted by atomic mass is 15.1. The van der Waals surface area contributed by atoms with Gasteiger partial charge < -0.3 is 4.90 Å². The SMILES string of the molecule is C=C(C)CCC1(CC)CCN(C)CC1. The summed E-state index contributed by atoms with van der Waals surface area (Å²) in [5.74, 6) is 0. The van der Waals surface area contributed by atoms with E-state index in [4.69, 9.17) is 0 Å². The van der Waals surface area contributed by atoms with Gasteiger partial charge in [0.25, 0.3) is 0 Å². The van der Waals surface area contributed by atoms with Gasteiger partial charge in [-0.05, 0) is 58.2 Å². The second kappa shape index (κ2) is 4.97. The third-order valence-electron chi connectivity index (χ3n) is 3.88. The van der Waals surface area contributed by atoms with Crippen LogP contribution in [0.15, 0.2) is 12.2 Å². The molecule has 0 aromatic carbocycles. The molecule has 0 amide bonds. The molecule has 1 saturated heterocycles. The molecule has 0 radical (unpaired) electrons. The molecule has 0 aromatic heterocycles. The molecule has 0 bridgehead atoms. The molecule has 1 rings (SSSR count). The van der Waals surface area contributed by atoms with E-state index in [-0.39, 0.29) is 0 Å². The summed E-state index contributed by atoms with van der Waals surface area (Å²) in [6.45, 7) is 11.1. The van der Waals surface area contributed by atoms with Crippen LogP contribution >= 0.6 is 0 Å². The van der Waals surface area contributed by atoms with Crippen molar-refractivity contribution in [1.29, 1.82) is 0 Å².